The summed E-state index contributed by atoms with van der Waals surface area (Å²) in [5.41, 5.74) is 2.06. The van der Waals surface area contributed by atoms with Gasteiger partial charge in [-0.05, 0) is 42.8 Å². The summed E-state index contributed by atoms with van der Waals surface area (Å²) >= 11 is 5.96. The molecule has 1 aromatic carbocycles. The van der Waals surface area contributed by atoms with Gasteiger partial charge in [-0.25, -0.2) is 4.98 Å². The third kappa shape index (κ3) is 2.95. The van der Waals surface area contributed by atoms with Crippen LogP contribution in [0.25, 0.3) is 0 Å². The molecule has 0 saturated carbocycles. The molecule has 0 unspecified atom stereocenters. The highest BCUT2D eigenvalue weighted by atomic mass is 35.5. The van der Waals surface area contributed by atoms with E-state index in [1.807, 2.05) is 37.3 Å². The van der Waals surface area contributed by atoms with Gasteiger partial charge in [0.15, 0.2) is 0 Å². The lowest BCUT2D eigenvalue weighted by Crippen LogP contribution is -1.97. The quantitative estimate of drug-likeness (QED) is 0.867. The number of aryl methyl sites for hydroxylation is 1. The van der Waals surface area contributed by atoms with E-state index in [0.29, 0.717) is 11.4 Å². The first-order valence-corrected chi connectivity index (χ1v) is 6.00. The summed E-state index contributed by atoms with van der Waals surface area (Å²) in [4.78, 5) is 4.14. The maximum absolute atomic E-state index is 8.93. The highest BCUT2D eigenvalue weighted by Crippen LogP contribution is 2.23. The number of nitrogens with zero attached hydrogens (tertiary/aromatic N) is 2. The second-order valence-corrected chi connectivity index (χ2v) is 4.31. The molecular weight excluding hydrogens is 262 g/mol. The van der Waals surface area contributed by atoms with Gasteiger partial charge in [0.1, 0.15) is 22.8 Å². The normalized spacial score (nSPS) is 9.79. The van der Waals surface area contributed by atoms with E-state index in [4.69, 9.17) is 21.6 Å². The van der Waals surface area contributed by atoms with Gasteiger partial charge in [-0.2, -0.15) is 5.26 Å². The number of hydrogen-bond donors (Lipinski definition) is 1. The second kappa shape index (κ2) is 5.59. The molecule has 2 aromatic rings. The smallest absolute Gasteiger partial charge is 0.149 e. The fourth-order valence-electron chi connectivity index (χ4n) is 1.65. The van der Waals surface area contributed by atoms with Gasteiger partial charge in [-0.15, -0.1) is 0 Å². The Morgan fingerprint density at radius 2 is 2.00 bits per heavy atom. The Kier molecular flexibility index (Phi) is 3.88. The average molecular weight is 274 g/mol. The van der Waals surface area contributed by atoms with E-state index in [1.165, 1.54) is 0 Å². The number of benzene rings is 1. The molecular formula is C14H12ClN3O. The van der Waals surface area contributed by atoms with Crippen LogP contribution in [-0.4, -0.2) is 12.1 Å². The van der Waals surface area contributed by atoms with Gasteiger partial charge in [0.2, 0.25) is 0 Å². The topological polar surface area (TPSA) is 57.9 Å². The van der Waals surface area contributed by atoms with E-state index in [2.05, 4.69) is 10.3 Å². The minimum absolute atomic E-state index is 0.207. The van der Waals surface area contributed by atoms with Crippen molar-refractivity contribution in [2.45, 2.75) is 6.92 Å². The molecule has 0 saturated heterocycles. The Morgan fingerprint density at radius 1 is 1.32 bits per heavy atom. The van der Waals surface area contributed by atoms with Crippen molar-refractivity contribution in [3.8, 4) is 11.8 Å². The largest absolute Gasteiger partial charge is 0.497 e. The monoisotopic (exact) mass is 273 g/mol. The van der Waals surface area contributed by atoms with E-state index < -0.39 is 0 Å². The van der Waals surface area contributed by atoms with Crippen molar-refractivity contribution in [1.82, 2.24) is 4.98 Å². The maximum atomic E-state index is 8.93. The molecule has 0 atom stereocenters. The van der Waals surface area contributed by atoms with Crippen molar-refractivity contribution in [2.75, 3.05) is 12.4 Å². The molecule has 4 nitrogen and oxygen atoms in total. The second-order valence-electron chi connectivity index (χ2n) is 3.96. The Bertz CT molecular complexity index is 609. The summed E-state index contributed by atoms with van der Waals surface area (Å²) in [7, 11) is 1.62. The molecule has 0 radical (unpaired) electrons. The molecule has 0 bridgehead atoms. The molecule has 0 aliphatic carbocycles. The number of nitriles is 1. The van der Waals surface area contributed by atoms with E-state index in [1.54, 1.807) is 13.2 Å². The summed E-state index contributed by atoms with van der Waals surface area (Å²) in [6, 6.07) is 11.3. The predicted molar refractivity (Wildman–Crippen MR) is 75.0 cm³/mol. The number of ether oxygens (including phenoxy) is 1. The van der Waals surface area contributed by atoms with Gasteiger partial charge in [0.05, 0.1) is 12.7 Å². The van der Waals surface area contributed by atoms with Gasteiger partial charge in [-0.1, -0.05) is 11.6 Å². The van der Waals surface area contributed by atoms with Crippen molar-refractivity contribution in [3.63, 3.8) is 0 Å². The van der Waals surface area contributed by atoms with E-state index in [0.717, 1.165) is 17.0 Å². The van der Waals surface area contributed by atoms with Crippen molar-refractivity contribution in [3.05, 3.63) is 46.6 Å². The SMILES string of the molecule is COc1ccc(Nc2cc(C)c(C#N)c(Cl)n2)cc1. The summed E-state index contributed by atoms with van der Waals surface area (Å²) in [6.07, 6.45) is 0. The number of methoxy groups -OCH3 is 1. The molecule has 0 amide bonds. The van der Waals surface area contributed by atoms with Gasteiger partial charge in [0, 0.05) is 5.69 Å². The first-order chi connectivity index (χ1) is 9.13. The van der Waals surface area contributed by atoms with Crippen LogP contribution in [0.2, 0.25) is 5.15 Å². The molecule has 2 rings (SSSR count). The van der Waals surface area contributed by atoms with Gasteiger partial charge in [-0.3, -0.25) is 0 Å². The Labute approximate surface area is 116 Å². The van der Waals surface area contributed by atoms with Crippen molar-refractivity contribution in [1.29, 1.82) is 5.26 Å². The average Bonchev–Trinajstić information content (AvgIpc) is 2.39. The van der Waals surface area contributed by atoms with Crippen molar-refractivity contribution in [2.24, 2.45) is 0 Å². The molecule has 96 valence electrons. The number of halogens is 1. The summed E-state index contributed by atoms with van der Waals surface area (Å²) in [5, 5.41) is 12.3. The fraction of sp³-hybridized carbons (Fsp3) is 0.143. The fourth-order valence-corrected chi connectivity index (χ4v) is 1.94. The molecule has 0 spiro atoms. The lowest BCUT2D eigenvalue weighted by atomic mass is 10.2. The number of rotatable bonds is 3. The van der Waals surface area contributed by atoms with Gasteiger partial charge in [0.25, 0.3) is 0 Å². The Hall–Kier alpha value is -2.25. The Morgan fingerprint density at radius 3 is 2.53 bits per heavy atom. The highest BCUT2D eigenvalue weighted by Gasteiger charge is 2.07. The van der Waals surface area contributed by atoms with Crippen LogP contribution in [0.4, 0.5) is 11.5 Å². The molecule has 0 fully saturated rings. The number of nitrogens with one attached hydrogen (secondary N) is 1. The first kappa shape index (κ1) is 13.2. The van der Waals surface area contributed by atoms with Crippen molar-refractivity contribution >= 4 is 23.1 Å². The number of aromatic nitrogens is 1. The maximum Gasteiger partial charge on any atom is 0.149 e. The van der Waals surface area contributed by atoms with E-state index in [9.17, 15) is 0 Å². The van der Waals surface area contributed by atoms with Crippen molar-refractivity contribution < 1.29 is 4.74 Å². The third-order valence-electron chi connectivity index (χ3n) is 2.65. The highest BCUT2D eigenvalue weighted by molar-refractivity contribution is 6.30. The number of anilines is 2. The minimum Gasteiger partial charge on any atom is -0.497 e. The lowest BCUT2D eigenvalue weighted by molar-refractivity contribution is 0.415. The summed E-state index contributed by atoms with van der Waals surface area (Å²) in [6.45, 7) is 1.82. The van der Waals surface area contributed by atoms with Crippen LogP contribution in [0.15, 0.2) is 30.3 Å². The van der Waals surface area contributed by atoms with Crippen LogP contribution < -0.4 is 10.1 Å². The molecule has 1 N–H and O–H groups in total. The van der Waals surface area contributed by atoms with Crippen LogP contribution in [0.1, 0.15) is 11.1 Å². The lowest BCUT2D eigenvalue weighted by Gasteiger charge is -2.09. The van der Waals surface area contributed by atoms with Gasteiger partial charge < -0.3 is 10.1 Å². The van der Waals surface area contributed by atoms with Crippen LogP contribution in [-0.2, 0) is 0 Å². The minimum atomic E-state index is 0.207. The Balaban J connectivity index is 2.26. The zero-order valence-corrected chi connectivity index (χ0v) is 11.3. The summed E-state index contributed by atoms with van der Waals surface area (Å²) < 4.78 is 5.09. The van der Waals surface area contributed by atoms with Gasteiger partial charge >= 0.3 is 0 Å². The number of pyridine rings is 1. The molecule has 0 aliphatic heterocycles. The van der Waals surface area contributed by atoms with Crippen LogP contribution in [0.5, 0.6) is 5.75 Å². The third-order valence-corrected chi connectivity index (χ3v) is 2.92. The predicted octanol–water partition coefficient (Wildman–Crippen LogP) is 3.67. The first-order valence-electron chi connectivity index (χ1n) is 5.62. The summed E-state index contributed by atoms with van der Waals surface area (Å²) in [5.74, 6) is 1.39. The number of hydrogen-bond acceptors (Lipinski definition) is 4. The van der Waals surface area contributed by atoms with Crippen LogP contribution in [0.3, 0.4) is 0 Å². The molecule has 19 heavy (non-hydrogen) atoms. The molecule has 5 heteroatoms. The van der Waals surface area contributed by atoms with Crippen LogP contribution in [0, 0.1) is 18.3 Å². The standard InChI is InChI=1S/C14H12ClN3O/c1-9-7-13(18-14(15)12(9)8-16)17-10-3-5-11(19-2)6-4-10/h3-7H,1-2H3,(H,17,18). The van der Waals surface area contributed by atoms with E-state index >= 15 is 0 Å². The molecule has 1 aromatic heterocycles. The van der Waals surface area contributed by atoms with Crippen LogP contribution >= 0.6 is 11.6 Å². The zero-order chi connectivity index (χ0) is 13.8. The van der Waals surface area contributed by atoms with E-state index in [-0.39, 0.29) is 5.15 Å². The molecule has 0 aliphatic rings. The zero-order valence-electron chi connectivity index (χ0n) is 10.6. The molecule has 1 heterocycles.